The van der Waals surface area contributed by atoms with E-state index in [2.05, 4.69) is 56.7 Å². The number of ether oxygens (including phenoxy) is 1. The molecule has 42 heavy (non-hydrogen) atoms. The molecular formula is C32H30N6O4. The second-order valence-electron chi connectivity index (χ2n) is 11.0. The molecule has 10 heteroatoms. The highest BCUT2D eigenvalue weighted by Gasteiger charge is 2.32. The first kappa shape index (κ1) is 25.9. The van der Waals surface area contributed by atoms with Gasteiger partial charge in [-0.1, -0.05) is 30.3 Å². The fourth-order valence-corrected chi connectivity index (χ4v) is 5.78. The fraction of sp³-hybridized carbons (Fsp3) is 0.281. The van der Waals surface area contributed by atoms with E-state index in [1.54, 1.807) is 23.5 Å². The Morgan fingerprint density at radius 1 is 0.952 bits per heavy atom. The van der Waals surface area contributed by atoms with Crippen LogP contribution < -0.4 is 10.9 Å². The number of fused-ring (bicyclic) bond motifs is 2. The van der Waals surface area contributed by atoms with Crippen LogP contribution in [0.3, 0.4) is 0 Å². The van der Waals surface area contributed by atoms with Crippen molar-refractivity contribution in [2.75, 3.05) is 13.1 Å². The number of rotatable bonds is 6. The van der Waals surface area contributed by atoms with Crippen molar-refractivity contribution in [2.45, 2.75) is 44.2 Å². The minimum atomic E-state index is -0.569. The zero-order valence-electron chi connectivity index (χ0n) is 22.9. The highest BCUT2D eigenvalue weighted by atomic mass is 16.6. The molecule has 1 atom stereocenters. The molecule has 2 aromatic heterocycles. The van der Waals surface area contributed by atoms with Crippen molar-refractivity contribution in [1.29, 1.82) is 0 Å². The molecule has 0 radical (unpaired) electrons. The highest BCUT2D eigenvalue weighted by Crippen LogP contribution is 2.32. The standard InChI is InChI=1S/C32H30N6O4/c39-29(17-34-32(41)42-24-3-1-4-24)38-12-2-5-28(38)30-36-26-15-22(10-11-25(26)31(40)37-30)20-6-7-21-14-23(9-8-19(21)13-20)27-16-33-18-35-27/h6-11,13-16,18,24,28H,1-5,12,17H2,(H,33,35)(H,34,41)(H,36,37,40). The predicted octanol–water partition coefficient (Wildman–Crippen LogP) is 5.08. The number of hydrogen-bond acceptors (Lipinski definition) is 6. The third-order valence-electron chi connectivity index (χ3n) is 8.31. The predicted molar refractivity (Wildman–Crippen MR) is 159 cm³/mol. The van der Waals surface area contributed by atoms with E-state index in [4.69, 9.17) is 9.72 Å². The molecule has 10 nitrogen and oxygen atoms in total. The third-order valence-corrected chi connectivity index (χ3v) is 8.31. The van der Waals surface area contributed by atoms with Crippen LogP contribution in [0.1, 0.15) is 44.0 Å². The van der Waals surface area contributed by atoms with Crippen LogP contribution in [-0.4, -0.2) is 56.0 Å². The molecule has 1 unspecified atom stereocenters. The number of imidazole rings is 1. The molecule has 7 rings (SSSR count). The highest BCUT2D eigenvalue weighted by molar-refractivity contribution is 5.92. The van der Waals surface area contributed by atoms with Crippen LogP contribution in [0.5, 0.6) is 0 Å². The lowest BCUT2D eigenvalue weighted by molar-refractivity contribution is -0.131. The van der Waals surface area contributed by atoms with Crippen LogP contribution in [0.15, 0.2) is 71.9 Å². The minimum absolute atomic E-state index is 0.0496. The minimum Gasteiger partial charge on any atom is -0.446 e. The quantitative estimate of drug-likeness (QED) is 0.265. The van der Waals surface area contributed by atoms with Gasteiger partial charge in [0, 0.05) is 12.1 Å². The van der Waals surface area contributed by atoms with Crippen molar-refractivity contribution in [3.8, 4) is 22.4 Å². The molecule has 0 bridgehead atoms. The van der Waals surface area contributed by atoms with E-state index < -0.39 is 6.09 Å². The zero-order valence-corrected chi connectivity index (χ0v) is 22.9. The maximum atomic E-state index is 13.1. The summed E-state index contributed by atoms with van der Waals surface area (Å²) in [5, 5.41) is 5.27. The third kappa shape index (κ3) is 5.00. The summed E-state index contributed by atoms with van der Waals surface area (Å²) in [7, 11) is 0. The van der Waals surface area contributed by atoms with E-state index in [9.17, 15) is 14.4 Å². The van der Waals surface area contributed by atoms with Crippen LogP contribution in [0.25, 0.3) is 44.1 Å². The molecule has 2 fully saturated rings. The van der Waals surface area contributed by atoms with Crippen molar-refractivity contribution < 1.29 is 14.3 Å². The number of nitrogens with zero attached hydrogens (tertiary/aromatic N) is 3. The van der Waals surface area contributed by atoms with Crippen molar-refractivity contribution in [3.63, 3.8) is 0 Å². The summed E-state index contributed by atoms with van der Waals surface area (Å²) in [6.45, 7) is 0.374. The second kappa shape index (κ2) is 10.8. The van der Waals surface area contributed by atoms with Gasteiger partial charge in [0.05, 0.1) is 35.2 Å². The topological polar surface area (TPSA) is 133 Å². The number of benzene rings is 3. The number of H-pyrrole nitrogens is 2. The molecule has 1 saturated carbocycles. The second-order valence-corrected chi connectivity index (χ2v) is 11.0. The summed E-state index contributed by atoms with van der Waals surface area (Å²) >= 11 is 0. The summed E-state index contributed by atoms with van der Waals surface area (Å²) in [6, 6.07) is 17.8. The Hall–Kier alpha value is -4.99. The molecule has 5 aromatic rings. The number of aromatic nitrogens is 4. The summed E-state index contributed by atoms with van der Waals surface area (Å²) in [5.74, 6) is 0.226. The van der Waals surface area contributed by atoms with Gasteiger partial charge < -0.3 is 24.9 Å². The van der Waals surface area contributed by atoms with Crippen molar-refractivity contribution in [3.05, 3.63) is 83.3 Å². The van der Waals surface area contributed by atoms with Crippen LogP contribution in [0.4, 0.5) is 4.79 Å². The molecule has 1 saturated heterocycles. The number of carbonyl (C=O) groups is 2. The Morgan fingerprint density at radius 3 is 2.48 bits per heavy atom. The van der Waals surface area contributed by atoms with E-state index in [0.717, 1.165) is 58.8 Å². The van der Waals surface area contributed by atoms with Gasteiger partial charge in [0.2, 0.25) is 5.91 Å². The van der Waals surface area contributed by atoms with Crippen LogP contribution in [0, 0.1) is 0 Å². The first-order valence-corrected chi connectivity index (χ1v) is 14.3. The van der Waals surface area contributed by atoms with Gasteiger partial charge in [-0.05, 0) is 78.3 Å². The van der Waals surface area contributed by atoms with E-state index in [1.165, 1.54) is 0 Å². The Morgan fingerprint density at radius 2 is 1.71 bits per heavy atom. The van der Waals surface area contributed by atoms with Crippen LogP contribution in [-0.2, 0) is 9.53 Å². The van der Waals surface area contributed by atoms with Crippen LogP contribution >= 0.6 is 0 Å². The van der Waals surface area contributed by atoms with Gasteiger partial charge in [-0.25, -0.2) is 14.8 Å². The summed E-state index contributed by atoms with van der Waals surface area (Å²) in [6.07, 6.45) is 7.11. The summed E-state index contributed by atoms with van der Waals surface area (Å²) < 4.78 is 5.28. The first-order chi connectivity index (χ1) is 20.5. The monoisotopic (exact) mass is 562 g/mol. The molecule has 3 N–H and O–H groups in total. The molecule has 212 valence electrons. The van der Waals surface area contributed by atoms with E-state index in [-0.39, 0.29) is 30.2 Å². The lowest BCUT2D eigenvalue weighted by Gasteiger charge is -2.26. The molecular weight excluding hydrogens is 532 g/mol. The number of amides is 2. The number of hydrogen-bond donors (Lipinski definition) is 3. The van der Waals surface area contributed by atoms with Gasteiger partial charge in [0.25, 0.3) is 5.56 Å². The van der Waals surface area contributed by atoms with Crippen LogP contribution in [0.2, 0.25) is 0 Å². The average molecular weight is 563 g/mol. The van der Waals surface area contributed by atoms with Gasteiger partial charge in [0.1, 0.15) is 18.5 Å². The SMILES string of the molecule is O=C(NCC(=O)N1CCCC1c1nc2cc(-c3ccc4cc(-c5cnc[nH]5)ccc4c3)ccc2c(=O)[nH]1)OC1CCC1. The molecule has 1 aliphatic heterocycles. The molecule has 2 amide bonds. The zero-order chi connectivity index (χ0) is 28.6. The number of alkyl carbamates (subject to hydrolysis) is 1. The number of likely N-dealkylation sites (tertiary alicyclic amines) is 1. The Bertz CT molecular complexity index is 1860. The van der Waals surface area contributed by atoms with Gasteiger partial charge in [-0.2, -0.15) is 0 Å². The van der Waals surface area contributed by atoms with E-state index in [1.807, 2.05) is 12.1 Å². The van der Waals surface area contributed by atoms with Gasteiger partial charge >= 0.3 is 6.09 Å². The number of aromatic amines is 2. The lowest BCUT2D eigenvalue weighted by Crippen LogP contribution is -2.41. The smallest absolute Gasteiger partial charge is 0.407 e. The number of nitrogens with one attached hydrogen (secondary N) is 3. The molecule has 3 heterocycles. The maximum absolute atomic E-state index is 13.1. The molecule has 3 aromatic carbocycles. The van der Waals surface area contributed by atoms with Gasteiger partial charge in [-0.15, -0.1) is 0 Å². The summed E-state index contributed by atoms with van der Waals surface area (Å²) in [4.78, 5) is 54.8. The Labute approximate surface area is 241 Å². The lowest BCUT2D eigenvalue weighted by atomic mass is 9.96. The van der Waals surface area contributed by atoms with Crippen molar-refractivity contribution in [2.24, 2.45) is 0 Å². The van der Waals surface area contributed by atoms with Crippen molar-refractivity contribution in [1.82, 2.24) is 30.2 Å². The molecule has 2 aliphatic rings. The maximum Gasteiger partial charge on any atom is 0.407 e. The fourth-order valence-electron chi connectivity index (χ4n) is 5.78. The normalized spacial score (nSPS) is 17.0. The largest absolute Gasteiger partial charge is 0.446 e. The van der Waals surface area contributed by atoms with Gasteiger partial charge in [-0.3, -0.25) is 9.59 Å². The average Bonchev–Trinajstić information content (AvgIpc) is 3.70. The summed E-state index contributed by atoms with van der Waals surface area (Å²) in [5.41, 5.74) is 4.32. The van der Waals surface area contributed by atoms with Crippen molar-refractivity contribution >= 4 is 33.7 Å². The Kier molecular flexibility index (Phi) is 6.65. The first-order valence-electron chi connectivity index (χ1n) is 14.3. The number of carbonyl (C=O) groups excluding carboxylic acids is 2. The van der Waals surface area contributed by atoms with E-state index in [0.29, 0.717) is 29.7 Å². The molecule has 1 aliphatic carbocycles. The van der Waals surface area contributed by atoms with Gasteiger partial charge in [0.15, 0.2) is 0 Å². The Balaban J connectivity index is 1.13. The van der Waals surface area contributed by atoms with E-state index >= 15 is 0 Å². The molecule has 0 spiro atoms.